The van der Waals surface area contributed by atoms with Gasteiger partial charge in [0.2, 0.25) is 12.7 Å². The first-order valence-electron chi connectivity index (χ1n) is 12.0. The molecule has 0 unspecified atom stereocenters. The summed E-state index contributed by atoms with van der Waals surface area (Å²) in [6.45, 7) is 3.96. The molecular formula is C24H34N2O6. The molecule has 1 aromatic rings. The number of piperidine rings is 1. The van der Waals surface area contributed by atoms with E-state index in [0.717, 1.165) is 55.8 Å². The third kappa shape index (κ3) is 5.03. The van der Waals surface area contributed by atoms with Gasteiger partial charge >= 0.3 is 0 Å². The fourth-order valence-electron chi connectivity index (χ4n) is 5.37. The maximum Gasteiger partial charge on any atom is 0.231 e. The number of hydrogen-bond donors (Lipinski definition) is 1. The fraction of sp³-hybridized carbons (Fsp3) is 0.708. The molecule has 4 aliphatic heterocycles. The molecule has 0 aromatic heterocycles. The molecule has 5 rings (SSSR count). The van der Waals surface area contributed by atoms with Gasteiger partial charge in [0, 0.05) is 32.2 Å². The second-order valence-electron chi connectivity index (χ2n) is 9.40. The topological polar surface area (TPSA) is 80.7 Å². The second kappa shape index (κ2) is 9.95. The van der Waals surface area contributed by atoms with E-state index < -0.39 is 6.10 Å². The largest absolute Gasteiger partial charge is 0.454 e. The van der Waals surface area contributed by atoms with Crippen molar-refractivity contribution in [3.63, 3.8) is 0 Å². The van der Waals surface area contributed by atoms with Gasteiger partial charge in [-0.25, -0.2) is 0 Å². The fourth-order valence-corrected chi connectivity index (χ4v) is 5.37. The molecule has 3 fully saturated rings. The molecule has 0 spiro atoms. The van der Waals surface area contributed by atoms with Gasteiger partial charge in [0.15, 0.2) is 11.5 Å². The van der Waals surface area contributed by atoms with Crippen LogP contribution in [0.15, 0.2) is 18.2 Å². The number of aliphatic hydroxyl groups is 1. The number of β-amino-alcohol motifs (C(OH)–C–C–N with tert-alkyl or cyclic N) is 1. The highest BCUT2D eigenvalue weighted by molar-refractivity contribution is 5.76. The van der Waals surface area contributed by atoms with Crippen molar-refractivity contribution in [1.82, 2.24) is 9.80 Å². The number of hydrogen-bond acceptors (Lipinski definition) is 7. The maximum absolute atomic E-state index is 12.7. The van der Waals surface area contributed by atoms with Crippen molar-refractivity contribution in [2.24, 2.45) is 0 Å². The van der Waals surface area contributed by atoms with Gasteiger partial charge in [-0.3, -0.25) is 9.69 Å². The average Bonchev–Trinajstić information content (AvgIpc) is 3.26. The second-order valence-corrected chi connectivity index (χ2v) is 9.40. The summed E-state index contributed by atoms with van der Waals surface area (Å²) in [6, 6.07) is 6.14. The van der Waals surface area contributed by atoms with E-state index in [1.807, 2.05) is 23.1 Å². The molecule has 8 nitrogen and oxygen atoms in total. The molecular weight excluding hydrogens is 412 g/mol. The first-order valence-corrected chi connectivity index (χ1v) is 12.0. The van der Waals surface area contributed by atoms with Crippen LogP contribution in [0.2, 0.25) is 0 Å². The number of amides is 1. The van der Waals surface area contributed by atoms with Crippen LogP contribution >= 0.6 is 0 Å². The van der Waals surface area contributed by atoms with Gasteiger partial charge in [-0.05, 0) is 49.8 Å². The standard InChI is InChI=1S/C24H34N2O6/c27-18-13-26(12-17-4-7-21-22(10-17)31-16-30-21)20-6-5-19(32-23(20)15-29-14-18)11-24(28)25-8-2-1-3-9-25/h4,7,10,18-20,23,27H,1-3,5-6,8-9,11-16H2/t18-,19-,20-,23+/m1/s1. The van der Waals surface area contributed by atoms with Crippen LogP contribution in [0.25, 0.3) is 0 Å². The Morgan fingerprint density at radius 1 is 1.06 bits per heavy atom. The molecule has 0 saturated carbocycles. The van der Waals surface area contributed by atoms with E-state index in [0.29, 0.717) is 32.7 Å². The Morgan fingerprint density at radius 2 is 1.91 bits per heavy atom. The number of aliphatic hydroxyl groups excluding tert-OH is 1. The van der Waals surface area contributed by atoms with Gasteiger partial charge in [-0.2, -0.15) is 0 Å². The first-order chi connectivity index (χ1) is 15.7. The summed E-state index contributed by atoms with van der Waals surface area (Å²) in [4.78, 5) is 17.0. The Hall–Kier alpha value is -1.87. The van der Waals surface area contributed by atoms with Crippen LogP contribution in [0.1, 0.15) is 44.1 Å². The monoisotopic (exact) mass is 446 g/mol. The van der Waals surface area contributed by atoms with Crippen molar-refractivity contribution >= 4 is 5.91 Å². The molecule has 0 radical (unpaired) electrons. The van der Waals surface area contributed by atoms with Crippen molar-refractivity contribution in [1.29, 1.82) is 0 Å². The van der Waals surface area contributed by atoms with E-state index in [2.05, 4.69) is 4.90 Å². The minimum atomic E-state index is -0.539. The first kappa shape index (κ1) is 21.9. The minimum Gasteiger partial charge on any atom is -0.454 e. The maximum atomic E-state index is 12.7. The molecule has 1 aromatic carbocycles. The molecule has 3 saturated heterocycles. The van der Waals surface area contributed by atoms with Gasteiger partial charge in [0.05, 0.1) is 37.9 Å². The molecule has 1 amide bonds. The number of fused-ring (bicyclic) bond motifs is 2. The van der Waals surface area contributed by atoms with Gasteiger partial charge in [0.25, 0.3) is 0 Å². The van der Waals surface area contributed by atoms with Crippen LogP contribution < -0.4 is 9.47 Å². The SMILES string of the molecule is O=C(C[C@H]1CC[C@@H]2[C@H](COC[C@H](O)CN2Cc2ccc3c(c2)OCO3)O1)N1CCCCC1. The summed E-state index contributed by atoms with van der Waals surface area (Å²) in [5.41, 5.74) is 1.11. The minimum absolute atomic E-state index is 0.0639. The van der Waals surface area contributed by atoms with Gasteiger partial charge in [0.1, 0.15) is 0 Å². The third-order valence-corrected chi connectivity index (χ3v) is 7.02. The van der Waals surface area contributed by atoms with E-state index in [9.17, 15) is 9.90 Å². The summed E-state index contributed by atoms with van der Waals surface area (Å²) in [5, 5.41) is 10.4. The molecule has 32 heavy (non-hydrogen) atoms. The van der Waals surface area contributed by atoms with E-state index in [4.69, 9.17) is 18.9 Å². The highest BCUT2D eigenvalue weighted by atomic mass is 16.7. The van der Waals surface area contributed by atoms with Crippen LogP contribution in [-0.4, -0.2) is 84.8 Å². The van der Waals surface area contributed by atoms with Gasteiger partial charge in [-0.15, -0.1) is 0 Å². The lowest BCUT2D eigenvalue weighted by Gasteiger charge is -2.44. The molecule has 4 heterocycles. The Kier molecular flexibility index (Phi) is 6.83. The van der Waals surface area contributed by atoms with Crippen molar-refractivity contribution in [3.05, 3.63) is 23.8 Å². The Morgan fingerprint density at radius 3 is 2.78 bits per heavy atom. The number of carbonyl (C=O) groups is 1. The summed E-state index contributed by atoms with van der Waals surface area (Å²) in [6.07, 6.45) is 4.93. The molecule has 8 heteroatoms. The number of carbonyl (C=O) groups excluding carboxylic acids is 1. The Labute approximate surface area is 189 Å². The average molecular weight is 447 g/mol. The van der Waals surface area contributed by atoms with E-state index in [1.165, 1.54) is 6.42 Å². The molecule has 4 aliphatic rings. The van der Waals surface area contributed by atoms with Crippen LogP contribution in [0.5, 0.6) is 11.5 Å². The Balaban J connectivity index is 1.24. The quantitative estimate of drug-likeness (QED) is 0.757. The van der Waals surface area contributed by atoms with Crippen molar-refractivity contribution in [2.75, 3.05) is 39.6 Å². The summed E-state index contributed by atoms with van der Waals surface area (Å²) in [7, 11) is 0. The number of ether oxygens (including phenoxy) is 4. The molecule has 176 valence electrons. The summed E-state index contributed by atoms with van der Waals surface area (Å²) >= 11 is 0. The zero-order valence-electron chi connectivity index (χ0n) is 18.6. The number of rotatable bonds is 4. The van der Waals surface area contributed by atoms with Gasteiger partial charge in [-0.1, -0.05) is 6.07 Å². The normalized spacial score (nSPS) is 31.0. The van der Waals surface area contributed by atoms with Crippen molar-refractivity contribution in [2.45, 2.75) is 69.4 Å². The predicted octanol–water partition coefficient (Wildman–Crippen LogP) is 1.93. The lowest BCUT2D eigenvalue weighted by Crippen LogP contribution is -2.55. The van der Waals surface area contributed by atoms with E-state index in [-0.39, 0.29) is 30.9 Å². The van der Waals surface area contributed by atoms with Crippen LogP contribution in [-0.2, 0) is 20.8 Å². The number of benzene rings is 1. The molecule has 4 atom stereocenters. The molecule has 1 N–H and O–H groups in total. The van der Waals surface area contributed by atoms with Crippen LogP contribution in [0.3, 0.4) is 0 Å². The number of likely N-dealkylation sites (tertiary alicyclic amines) is 1. The van der Waals surface area contributed by atoms with E-state index >= 15 is 0 Å². The zero-order chi connectivity index (χ0) is 21.9. The lowest BCUT2D eigenvalue weighted by atomic mass is 9.94. The number of nitrogens with zero attached hydrogens (tertiary/aromatic N) is 2. The smallest absolute Gasteiger partial charge is 0.231 e. The highest BCUT2D eigenvalue weighted by Crippen LogP contribution is 2.34. The predicted molar refractivity (Wildman–Crippen MR) is 117 cm³/mol. The Bertz CT molecular complexity index is 799. The van der Waals surface area contributed by atoms with E-state index in [1.54, 1.807) is 0 Å². The lowest BCUT2D eigenvalue weighted by molar-refractivity contribution is -0.161. The third-order valence-electron chi connectivity index (χ3n) is 7.02. The molecule has 0 bridgehead atoms. The van der Waals surface area contributed by atoms with Gasteiger partial charge < -0.3 is 29.0 Å². The zero-order valence-corrected chi connectivity index (χ0v) is 18.6. The van der Waals surface area contributed by atoms with Crippen LogP contribution in [0, 0.1) is 0 Å². The van der Waals surface area contributed by atoms with Crippen LogP contribution in [0.4, 0.5) is 0 Å². The highest BCUT2D eigenvalue weighted by Gasteiger charge is 2.38. The summed E-state index contributed by atoms with van der Waals surface area (Å²) < 4.78 is 23.1. The summed E-state index contributed by atoms with van der Waals surface area (Å²) in [5.74, 6) is 1.76. The molecule has 0 aliphatic carbocycles. The van der Waals surface area contributed by atoms with Crippen molar-refractivity contribution in [3.8, 4) is 11.5 Å². The van der Waals surface area contributed by atoms with Crippen molar-refractivity contribution < 1.29 is 28.8 Å².